The highest BCUT2D eigenvalue weighted by atomic mass is 35.5. The quantitative estimate of drug-likeness (QED) is 0.425. The number of hydrogen-bond donors (Lipinski definition) is 3. The van der Waals surface area contributed by atoms with Gasteiger partial charge in [-0.1, -0.05) is 23.2 Å². The van der Waals surface area contributed by atoms with Crippen molar-refractivity contribution in [1.29, 1.82) is 0 Å². The fraction of sp³-hybridized carbons (Fsp3) is 0.200. The van der Waals surface area contributed by atoms with Crippen molar-refractivity contribution < 1.29 is 18.0 Å². The zero-order chi connectivity index (χ0) is 20.6. The van der Waals surface area contributed by atoms with E-state index in [4.69, 9.17) is 23.2 Å². The van der Waals surface area contributed by atoms with Gasteiger partial charge in [-0.3, -0.25) is 15.5 Å². The van der Waals surface area contributed by atoms with Gasteiger partial charge < -0.3 is 5.32 Å². The molecule has 0 spiro atoms. The van der Waals surface area contributed by atoms with E-state index in [2.05, 4.69) is 31.2 Å². The summed E-state index contributed by atoms with van der Waals surface area (Å²) in [6.45, 7) is 1.46. The number of aromatic nitrogens is 4. The highest BCUT2D eigenvalue weighted by molar-refractivity contribution is 6.32. The minimum absolute atomic E-state index is 0.0183. The highest BCUT2D eigenvalue weighted by Crippen LogP contribution is 2.36. The minimum Gasteiger partial charge on any atom is -0.306 e. The monoisotopic (exact) mass is 433 g/mol. The van der Waals surface area contributed by atoms with Gasteiger partial charge in [-0.2, -0.15) is 18.3 Å². The Hall–Kier alpha value is -2.79. The van der Waals surface area contributed by atoms with Crippen molar-refractivity contribution >= 4 is 51.8 Å². The molecule has 0 saturated heterocycles. The van der Waals surface area contributed by atoms with Gasteiger partial charge in [0.2, 0.25) is 0 Å². The van der Waals surface area contributed by atoms with Gasteiger partial charge in [-0.05, 0) is 25.1 Å². The van der Waals surface area contributed by atoms with E-state index < -0.39 is 17.8 Å². The maximum atomic E-state index is 13.4. The van der Waals surface area contributed by atoms with E-state index in [1.54, 1.807) is 0 Å². The van der Waals surface area contributed by atoms with Crippen LogP contribution in [-0.4, -0.2) is 25.8 Å². The van der Waals surface area contributed by atoms with Crippen molar-refractivity contribution in [2.75, 3.05) is 10.7 Å². The summed E-state index contributed by atoms with van der Waals surface area (Å²) in [5, 5.41) is 6.38. The largest absolute Gasteiger partial charge is 0.417 e. The summed E-state index contributed by atoms with van der Waals surface area (Å²) in [4.78, 5) is 19.8. The summed E-state index contributed by atoms with van der Waals surface area (Å²) in [5.41, 5.74) is 4.07. The Morgan fingerprint density at radius 2 is 1.79 bits per heavy atom. The molecule has 148 valence electrons. The van der Waals surface area contributed by atoms with Crippen LogP contribution >= 0.6 is 23.2 Å². The molecule has 0 bridgehead atoms. The number of halogens is 5. The van der Waals surface area contributed by atoms with Gasteiger partial charge in [-0.25, -0.2) is 14.8 Å². The number of nitrogens with zero attached hydrogens (tertiary/aromatic N) is 4. The van der Waals surface area contributed by atoms with Crippen LogP contribution in [0.5, 0.6) is 0 Å². The van der Waals surface area contributed by atoms with E-state index in [1.807, 2.05) is 0 Å². The summed E-state index contributed by atoms with van der Waals surface area (Å²) in [6, 6.07) is 2.70. The van der Waals surface area contributed by atoms with Gasteiger partial charge in [0, 0.05) is 12.7 Å². The molecule has 0 aliphatic rings. The fourth-order valence-corrected chi connectivity index (χ4v) is 3.01. The van der Waals surface area contributed by atoms with Crippen LogP contribution in [0, 0.1) is 6.92 Å². The molecule has 28 heavy (non-hydrogen) atoms. The molecule has 3 aromatic rings. The molecule has 0 aliphatic carbocycles. The third-order valence-corrected chi connectivity index (χ3v) is 3.99. The lowest BCUT2D eigenvalue weighted by Gasteiger charge is -2.13. The van der Waals surface area contributed by atoms with Gasteiger partial charge in [-0.15, -0.1) is 0 Å². The third kappa shape index (κ3) is 4.20. The van der Waals surface area contributed by atoms with Crippen LogP contribution in [0.4, 0.5) is 29.5 Å². The predicted molar refractivity (Wildman–Crippen MR) is 98.3 cm³/mol. The number of anilines is 2. The summed E-state index contributed by atoms with van der Waals surface area (Å²) < 4.78 is 41.5. The second-order valence-electron chi connectivity index (χ2n) is 5.67. The molecule has 0 saturated carbocycles. The first-order valence-corrected chi connectivity index (χ1v) is 8.38. The highest BCUT2D eigenvalue weighted by Gasteiger charge is 2.35. The second-order valence-corrected chi connectivity index (χ2v) is 6.44. The van der Waals surface area contributed by atoms with E-state index in [0.29, 0.717) is 0 Å². The molecule has 13 heteroatoms. The number of fused-ring (bicyclic) bond motifs is 1. The van der Waals surface area contributed by atoms with Crippen molar-refractivity contribution in [3.63, 3.8) is 0 Å². The molecule has 0 radical (unpaired) electrons. The second kappa shape index (κ2) is 7.32. The minimum atomic E-state index is -4.63. The SMILES string of the molecule is Cc1nn(C)c2nc(NNC(=O)Nc3cc(Cl)nc(Cl)c3)cc(C(F)(F)F)c12. The molecule has 3 N–H and O–H groups in total. The van der Waals surface area contributed by atoms with Crippen molar-refractivity contribution in [2.24, 2.45) is 7.05 Å². The van der Waals surface area contributed by atoms with Gasteiger partial charge in [0.1, 0.15) is 16.1 Å². The summed E-state index contributed by atoms with van der Waals surface area (Å²) in [5.74, 6) is -0.219. The van der Waals surface area contributed by atoms with Gasteiger partial charge in [0.05, 0.1) is 16.6 Å². The average molecular weight is 434 g/mol. The van der Waals surface area contributed by atoms with Crippen LogP contribution in [0.25, 0.3) is 11.0 Å². The maximum absolute atomic E-state index is 13.4. The molecule has 0 aliphatic heterocycles. The summed E-state index contributed by atoms with van der Waals surface area (Å²) >= 11 is 11.5. The van der Waals surface area contributed by atoms with Crippen molar-refractivity contribution in [1.82, 2.24) is 25.2 Å². The predicted octanol–water partition coefficient (Wildman–Crippen LogP) is 4.15. The number of carbonyl (C=O) groups excluding carboxylic acids is 1. The smallest absolute Gasteiger partial charge is 0.306 e. The number of carbonyl (C=O) groups is 1. The van der Waals surface area contributed by atoms with Crippen molar-refractivity contribution in [3.8, 4) is 0 Å². The molecule has 0 fully saturated rings. The standard InChI is InChI=1S/C15H12Cl2F3N7O/c1-6-12-8(15(18,19)20)5-11(23-13(12)27(2)26-6)24-25-14(28)21-7-3-9(16)22-10(17)4-7/h3-5H,1-2H3,(H,23,24)(H2,21,22,25,28). The molecular formula is C15H12Cl2F3N7O. The van der Waals surface area contributed by atoms with Crippen LogP contribution in [0.15, 0.2) is 18.2 Å². The fourth-order valence-electron chi connectivity index (χ4n) is 2.55. The molecule has 2 amide bonds. The Kier molecular flexibility index (Phi) is 5.22. The Balaban J connectivity index is 1.82. The van der Waals surface area contributed by atoms with Crippen LogP contribution in [0.2, 0.25) is 10.3 Å². The molecule has 3 rings (SSSR count). The number of hydrazine groups is 1. The van der Waals surface area contributed by atoms with Crippen molar-refractivity contribution in [3.05, 3.63) is 39.8 Å². The van der Waals surface area contributed by atoms with Gasteiger partial charge in [0.15, 0.2) is 5.65 Å². The van der Waals surface area contributed by atoms with Crippen LogP contribution in [0.3, 0.4) is 0 Å². The average Bonchev–Trinajstić information content (AvgIpc) is 2.85. The Bertz CT molecular complexity index is 1050. The number of hydrogen-bond acceptors (Lipinski definition) is 5. The van der Waals surface area contributed by atoms with Gasteiger partial charge in [0.25, 0.3) is 0 Å². The Morgan fingerprint density at radius 1 is 1.14 bits per heavy atom. The van der Waals surface area contributed by atoms with E-state index in [0.717, 1.165) is 6.07 Å². The lowest BCUT2D eigenvalue weighted by molar-refractivity contribution is -0.136. The number of aryl methyl sites for hydroxylation is 2. The zero-order valence-electron chi connectivity index (χ0n) is 14.3. The number of urea groups is 1. The summed E-state index contributed by atoms with van der Waals surface area (Å²) in [6.07, 6.45) is -4.63. The number of nitrogens with one attached hydrogen (secondary N) is 3. The first kappa shape index (κ1) is 20.0. The van der Waals surface area contributed by atoms with Crippen molar-refractivity contribution in [2.45, 2.75) is 13.1 Å². The molecule has 8 nitrogen and oxygen atoms in total. The number of alkyl halides is 3. The Labute approximate surface area is 166 Å². The molecular weight excluding hydrogens is 422 g/mol. The van der Waals surface area contributed by atoms with E-state index in [1.165, 1.54) is 30.8 Å². The zero-order valence-corrected chi connectivity index (χ0v) is 15.8. The first-order valence-electron chi connectivity index (χ1n) is 7.62. The topological polar surface area (TPSA) is 96.8 Å². The van der Waals surface area contributed by atoms with E-state index >= 15 is 0 Å². The van der Waals surface area contributed by atoms with Crippen LogP contribution in [0.1, 0.15) is 11.3 Å². The number of pyridine rings is 2. The molecule has 3 aromatic heterocycles. The Morgan fingerprint density at radius 3 is 2.39 bits per heavy atom. The van der Waals surface area contributed by atoms with E-state index in [-0.39, 0.29) is 38.5 Å². The first-order chi connectivity index (χ1) is 13.0. The molecule has 0 aromatic carbocycles. The van der Waals surface area contributed by atoms with Gasteiger partial charge >= 0.3 is 12.2 Å². The van der Waals surface area contributed by atoms with Crippen LogP contribution < -0.4 is 16.2 Å². The third-order valence-electron chi connectivity index (χ3n) is 3.60. The number of amides is 2. The summed E-state index contributed by atoms with van der Waals surface area (Å²) in [7, 11) is 1.48. The molecule has 0 unspecified atom stereocenters. The number of rotatable bonds is 3. The lowest BCUT2D eigenvalue weighted by atomic mass is 10.1. The molecule has 0 atom stereocenters. The van der Waals surface area contributed by atoms with Crippen LogP contribution in [-0.2, 0) is 13.2 Å². The normalized spacial score (nSPS) is 11.5. The lowest BCUT2D eigenvalue weighted by Crippen LogP contribution is -2.34. The maximum Gasteiger partial charge on any atom is 0.417 e. The molecule has 3 heterocycles. The van der Waals surface area contributed by atoms with E-state index in [9.17, 15) is 18.0 Å².